The van der Waals surface area contributed by atoms with E-state index in [4.69, 9.17) is 9.47 Å². The molecular weight excluding hydrogens is 332 g/mol. The predicted molar refractivity (Wildman–Crippen MR) is 93.6 cm³/mol. The zero-order valence-electron chi connectivity index (χ0n) is 14.6. The molecule has 0 heterocycles. The maximum absolute atomic E-state index is 12.8. The van der Waals surface area contributed by atoms with Gasteiger partial charge in [0.1, 0.15) is 0 Å². The van der Waals surface area contributed by atoms with Gasteiger partial charge in [0, 0.05) is 5.92 Å². The highest BCUT2D eigenvalue weighted by Gasteiger charge is 2.64. The summed E-state index contributed by atoms with van der Waals surface area (Å²) in [4.78, 5) is 25.6. The van der Waals surface area contributed by atoms with Crippen LogP contribution in [0.25, 0.3) is 0 Å². The maximum atomic E-state index is 12.8. The van der Waals surface area contributed by atoms with E-state index in [1.807, 2.05) is 48.5 Å². The molecule has 0 spiro atoms. The lowest BCUT2D eigenvalue weighted by molar-refractivity contribution is -0.163. The van der Waals surface area contributed by atoms with Crippen LogP contribution in [0.4, 0.5) is 0 Å². The van der Waals surface area contributed by atoms with Crippen LogP contribution in [0.15, 0.2) is 48.5 Å². The Kier molecular flexibility index (Phi) is 3.84. The van der Waals surface area contributed by atoms with Crippen molar-refractivity contribution in [1.29, 1.82) is 0 Å². The number of methoxy groups -OCH3 is 2. The summed E-state index contributed by atoms with van der Waals surface area (Å²) in [7, 11) is 2.63. The summed E-state index contributed by atoms with van der Waals surface area (Å²) in [5.74, 6) is -2.88. The Morgan fingerprint density at radius 1 is 0.923 bits per heavy atom. The van der Waals surface area contributed by atoms with Gasteiger partial charge in [0.25, 0.3) is 0 Å². The van der Waals surface area contributed by atoms with Crippen molar-refractivity contribution in [1.82, 2.24) is 0 Å². The van der Waals surface area contributed by atoms with Crippen molar-refractivity contribution >= 4 is 11.9 Å². The summed E-state index contributed by atoms with van der Waals surface area (Å²) in [6.45, 7) is -0.305. The molecule has 0 aromatic heterocycles. The maximum Gasteiger partial charge on any atom is 0.310 e. The van der Waals surface area contributed by atoms with Crippen LogP contribution in [0.1, 0.15) is 28.2 Å². The molecule has 134 valence electrons. The van der Waals surface area contributed by atoms with Crippen LogP contribution in [-0.4, -0.2) is 37.9 Å². The molecule has 26 heavy (non-hydrogen) atoms. The Morgan fingerprint density at radius 2 is 1.42 bits per heavy atom. The average molecular weight is 352 g/mol. The van der Waals surface area contributed by atoms with E-state index in [-0.39, 0.29) is 12.5 Å². The van der Waals surface area contributed by atoms with Crippen LogP contribution < -0.4 is 0 Å². The van der Waals surface area contributed by atoms with Gasteiger partial charge in [-0.25, -0.2) is 0 Å². The SMILES string of the molecule is COC(=O)[C@@H]1C2c3ccccc3C(CO)(c3ccccc32)[C@H]1C(=O)OC. The van der Waals surface area contributed by atoms with E-state index in [1.54, 1.807) is 0 Å². The van der Waals surface area contributed by atoms with Crippen LogP contribution in [0.2, 0.25) is 0 Å². The first kappa shape index (κ1) is 16.8. The van der Waals surface area contributed by atoms with E-state index in [0.717, 1.165) is 22.3 Å². The number of aliphatic hydroxyl groups is 1. The molecule has 0 unspecified atom stereocenters. The summed E-state index contributed by atoms with van der Waals surface area (Å²) in [6.07, 6.45) is 0. The summed E-state index contributed by atoms with van der Waals surface area (Å²) in [5.41, 5.74) is 2.63. The molecule has 0 amide bonds. The number of aliphatic hydroxyl groups excluding tert-OH is 1. The van der Waals surface area contributed by atoms with E-state index in [2.05, 4.69) is 0 Å². The number of hydrogen-bond donors (Lipinski definition) is 1. The zero-order valence-corrected chi connectivity index (χ0v) is 14.6. The Bertz CT molecular complexity index is 840. The van der Waals surface area contributed by atoms with Crippen LogP contribution in [-0.2, 0) is 24.5 Å². The van der Waals surface area contributed by atoms with Crippen molar-refractivity contribution in [3.8, 4) is 0 Å². The molecule has 5 nitrogen and oxygen atoms in total. The third-order valence-electron chi connectivity index (χ3n) is 5.98. The first-order chi connectivity index (χ1) is 12.6. The molecule has 0 fully saturated rings. The number of carbonyl (C=O) groups is 2. The van der Waals surface area contributed by atoms with Crippen LogP contribution in [0.5, 0.6) is 0 Å². The standard InChI is InChI=1S/C21H20O5/c1-25-19(23)17-16-12-7-3-5-9-14(12)21(11-22,18(17)20(24)26-2)15-10-6-4-8-13(15)16/h3-10,16-18,22H,11H2,1-2H3/t16?,17-,18-,21?/m1/s1. The smallest absolute Gasteiger partial charge is 0.310 e. The molecule has 0 saturated carbocycles. The fraction of sp³-hybridized carbons (Fsp3) is 0.333. The monoisotopic (exact) mass is 352 g/mol. The lowest BCUT2D eigenvalue weighted by atomic mass is 9.47. The van der Waals surface area contributed by atoms with Crippen molar-refractivity contribution in [2.24, 2.45) is 11.8 Å². The molecule has 2 aromatic rings. The molecular formula is C21H20O5. The normalized spacial score (nSPS) is 28.0. The second-order valence-corrected chi connectivity index (χ2v) is 6.83. The summed E-state index contributed by atoms with van der Waals surface area (Å²) >= 11 is 0. The summed E-state index contributed by atoms with van der Waals surface area (Å²) < 4.78 is 10.1. The molecule has 2 atom stereocenters. The molecule has 3 aliphatic carbocycles. The van der Waals surface area contributed by atoms with Gasteiger partial charge in [0.2, 0.25) is 0 Å². The fourth-order valence-electron chi connectivity index (χ4n) is 5.03. The van der Waals surface area contributed by atoms with Gasteiger partial charge in [-0.2, -0.15) is 0 Å². The van der Waals surface area contributed by atoms with Crippen LogP contribution >= 0.6 is 0 Å². The topological polar surface area (TPSA) is 72.8 Å². The highest BCUT2D eigenvalue weighted by Crippen LogP contribution is 2.61. The Balaban J connectivity index is 2.12. The third kappa shape index (κ3) is 1.89. The minimum Gasteiger partial charge on any atom is -0.469 e. The zero-order chi connectivity index (χ0) is 18.5. The molecule has 5 rings (SSSR count). The molecule has 0 saturated heterocycles. The van der Waals surface area contributed by atoms with Crippen molar-refractivity contribution < 1.29 is 24.2 Å². The van der Waals surface area contributed by atoms with Crippen LogP contribution in [0.3, 0.4) is 0 Å². The average Bonchev–Trinajstić information content (AvgIpc) is 2.71. The number of esters is 2. The van der Waals surface area contributed by atoms with E-state index in [9.17, 15) is 14.7 Å². The van der Waals surface area contributed by atoms with Gasteiger partial charge in [-0.15, -0.1) is 0 Å². The van der Waals surface area contributed by atoms with E-state index < -0.39 is 29.2 Å². The quantitative estimate of drug-likeness (QED) is 0.856. The molecule has 5 heteroatoms. The lowest BCUT2D eigenvalue weighted by Gasteiger charge is -2.55. The Hall–Kier alpha value is -2.66. The molecule has 0 aliphatic heterocycles. The van der Waals surface area contributed by atoms with Gasteiger partial charge in [0.05, 0.1) is 38.1 Å². The molecule has 2 bridgehead atoms. The minimum absolute atomic E-state index is 0.305. The number of fused-ring (bicyclic) bond motifs is 1. The predicted octanol–water partition coefficient (Wildman–Crippen LogP) is 2.00. The van der Waals surface area contributed by atoms with Crippen molar-refractivity contribution in [2.45, 2.75) is 11.3 Å². The number of benzene rings is 2. The van der Waals surface area contributed by atoms with Gasteiger partial charge in [-0.1, -0.05) is 48.5 Å². The highest BCUT2D eigenvalue weighted by molar-refractivity contribution is 5.89. The summed E-state index contributed by atoms with van der Waals surface area (Å²) in [5, 5.41) is 10.6. The molecule has 3 aliphatic rings. The number of rotatable bonds is 3. The third-order valence-corrected chi connectivity index (χ3v) is 5.98. The highest BCUT2D eigenvalue weighted by atomic mass is 16.5. The Morgan fingerprint density at radius 3 is 1.88 bits per heavy atom. The van der Waals surface area contributed by atoms with E-state index in [0.29, 0.717) is 0 Å². The van der Waals surface area contributed by atoms with Gasteiger partial charge in [-0.05, 0) is 22.3 Å². The minimum atomic E-state index is -1.03. The second kappa shape index (κ2) is 5.95. The first-order valence-corrected chi connectivity index (χ1v) is 8.57. The van der Waals surface area contributed by atoms with E-state index >= 15 is 0 Å². The molecule has 0 radical (unpaired) electrons. The van der Waals surface area contributed by atoms with Gasteiger partial charge < -0.3 is 14.6 Å². The second-order valence-electron chi connectivity index (χ2n) is 6.83. The number of carbonyl (C=O) groups excluding carboxylic acids is 2. The lowest BCUT2D eigenvalue weighted by Crippen LogP contribution is -2.59. The summed E-state index contributed by atoms with van der Waals surface area (Å²) in [6, 6.07) is 15.4. The van der Waals surface area contributed by atoms with Crippen molar-refractivity contribution in [3.63, 3.8) is 0 Å². The van der Waals surface area contributed by atoms with Crippen LogP contribution in [0, 0.1) is 11.8 Å². The van der Waals surface area contributed by atoms with Gasteiger partial charge in [0.15, 0.2) is 0 Å². The largest absolute Gasteiger partial charge is 0.469 e. The fourth-order valence-corrected chi connectivity index (χ4v) is 5.03. The van der Waals surface area contributed by atoms with Crippen molar-refractivity contribution in [2.75, 3.05) is 20.8 Å². The number of ether oxygens (including phenoxy) is 2. The van der Waals surface area contributed by atoms with Gasteiger partial charge >= 0.3 is 11.9 Å². The van der Waals surface area contributed by atoms with Crippen molar-refractivity contribution in [3.05, 3.63) is 70.8 Å². The van der Waals surface area contributed by atoms with Gasteiger partial charge in [-0.3, -0.25) is 9.59 Å². The molecule has 1 N–H and O–H groups in total. The Labute approximate surface area is 151 Å². The molecule has 2 aromatic carbocycles. The van der Waals surface area contributed by atoms with E-state index in [1.165, 1.54) is 14.2 Å². The first-order valence-electron chi connectivity index (χ1n) is 8.57. The number of hydrogen-bond acceptors (Lipinski definition) is 5.